The number of rotatable bonds is 1. The summed E-state index contributed by atoms with van der Waals surface area (Å²) in [6, 6.07) is 4.94. The second-order valence-electron chi connectivity index (χ2n) is 3.06. The Hall–Kier alpha value is -1.86. The summed E-state index contributed by atoms with van der Waals surface area (Å²) >= 11 is 1.36. The average Bonchev–Trinajstić information content (AvgIpc) is 2.55. The van der Waals surface area contributed by atoms with Crippen molar-refractivity contribution in [1.82, 2.24) is 4.57 Å². The standard InChI is InChI=1S/C9H9N3O2S.H2O/c1-12-6-3-2-5(8(13)14)4-7(6)15-9(12)11-10;/h2-4H,10H2,1H3,(H,13,14);1H2. The lowest BCUT2D eigenvalue weighted by molar-refractivity contribution is 0.0697. The third kappa shape index (κ3) is 1.77. The van der Waals surface area contributed by atoms with Gasteiger partial charge in [-0.1, -0.05) is 11.3 Å². The number of fused-ring (bicyclic) bond motifs is 1. The van der Waals surface area contributed by atoms with E-state index in [4.69, 9.17) is 10.9 Å². The first-order valence-electron chi connectivity index (χ1n) is 4.20. The topological polar surface area (TPSA) is 112 Å². The van der Waals surface area contributed by atoms with Crippen molar-refractivity contribution in [3.05, 3.63) is 28.6 Å². The highest BCUT2D eigenvalue weighted by molar-refractivity contribution is 7.16. The minimum Gasteiger partial charge on any atom is -0.478 e. The Kier molecular flexibility index (Phi) is 3.31. The molecule has 1 aromatic carbocycles. The van der Waals surface area contributed by atoms with Gasteiger partial charge in [-0.05, 0) is 18.2 Å². The van der Waals surface area contributed by atoms with Crippen LogP contribution in [0.4, 0.5) is 0 Å². The van der Waals surface area contributed by atoms with E-state index < -0.39 is 5.97 Å². The van der Waals surface area contributed by atoms with Crippen molar-refractivity contribution in [3.63, 3.8) is 0 Å². The molecule has 6 nitrogen and oxygen atoms in total. The lowest BCUT2D eigenvalue weighted by Gasteiger charge is -1.96. The van der Waals surface area contributed by atoms with Crippen LogP contribution in [-0.2, 0) is 7.05 Å². The first kappa shape index (κ1) is 12.2. The van der Waals surface area contributed by atoms with Crippen LogP contribution in [0.5, 0.6) is 0 Å². The molecule has 0 fully saturated rings. The number of aromatic carboxylic acids is 1. The van der Waals surface area contributed by atoms with Gasteiger partial charge in [0, 0.05) is 7.05 Å². The van der Waals surface area contributed by atoms with Crippen LogP contribution >= 0.6 is 11.3 Å². The predicted molar refractivity (Wildman–Crippen MR) is 61.1 cm³/mol. The van der Waals surface area contributed by atoms with E-state index in [1.807, 2.05) is 11.6 Å². The number of nitrogens with zero attached hydrogens (tertiary/aromatic N) is 2. The van der Waals surface area contributed by atoms with Gasteiger partial charge < -0.3 is 21.0 Å². The molecule has 0 atom stereocenters. The number of carbonyl (C=O) groups is 1. The summed E-state index contributed by atoms with van der Waals surface area (Å²) < 4.78 is 2.69. The number of nitrogens with two attached hydrogens (primary N) is 1. The van der Waals surface area contributed by atoms with Crippen molar-refractivity contribution < 1.29 is 15.4 Å². The lowest BCUT2D eigenvalue weighted by atomic mass is 10.2. The van der Waals surface area contributed by atoms with E-state index in [9.17, 15) is 4.79 Å². The first-order chi connectivity index (χ1) is 7.13. The van der Waals surface area contributed by atoms with Crippen LogP contribution in [0.15, 0.2) is 23.3 Å². The van der Waals surface area contributed by atoms with Gasteiger partial charge in [0.25, 0.3) is 0 Å². The molecule has 16 heavy (non-hydrogen) atoms. The highest BCUT2D eigenvalue weighted by Gasteiger charge is 2.07. The summed E-state index contributed by atoms with van der Waals surface area (Å²) in [7, 11) is 1.84. The SMILES string of the molecule is Cn1c(=NN)sc2cc(C(=O)O)ccc21.O. The summed E-state index contributed by atoms with van der Waals surface area (Å²) in [5.74, 6) is 4.28. The van der Waals surface area contributed by atoms with E-state index in [-0.39, 0.29) is 11.0 Å². The second-order valence-corrected chi connectivity index (χ2v) is 4.07. The Balaban J connectivity index is 0.00000128. The molecule has 0 saturated heterocycles. The lowest BCUT2D eigenvalue weighted by Crippen LogP contribution is -2.12. The molecular weight excluding hydrogens is 230 g/mol. The zero-order chi connectivity index (χ0) is 11.0. The monoisotopic (exact) mass is 241 g/mol. The fraction of sp³-hybridized carbons (Fsp3) is 0.111. The third-order valence-corrected chi connectivity index (χ3v) is 3.28. The van der Waals surface area contributed by atoms with Crippen LogP contribution in [0.3, 0.4) is 0 Å². The molecule has 0 unspecified atom stereocenters. The predicted octanol–water partition coefficient (Wildman–Crippen LogP) is -0.112. The van der Waals surface area contributed by atoms with Crippen LogP contribution in [0.2, 0.25) is 0 Å². The molecule has 86 valence electrons. The minimum absolute atomic E-state index is 0. The maximum Gasteiger partial charge on any atom is 0.335 e. The summed E-state index contributed by atoms with van der Waals surface area (Å²) in [5, 5.41) is 12.4. The Morgan fingerprint density at radius 1 is 1.56 bits per heavy atom. The Labute approximate surface area is 94.6 Å². The van der Waals surface area contributed by atoms with Crippen molar-refractivity contribution in [2.45, 2.75) is 0 Å². The van der Waals surface area contributed by atoms with E-state index >= 15 is 0 Å². The van der Waals surface area contributed by atoms with Gasteiger partial charge in [0.05, 0.1) is 15.8 Å². The number of aryl methyl sites for hydroxylation is 1. The van der Waals surface area contributed by atoms with Crippen LogP contribution in [0.1, 0.15) is 10.4 Å². The van der Waals surface area contributed by atoms with Crippen molar-refractivity contribution in [2.24, 2.45) is 18.0 Å². The second kappa shape index (κ2) is 4.33. The molecule has 7 heteroatoms. The molecule has 0 radical (unpaired) electrons. The molecule has 2 aromatic rings. The van der Waals surface area contributed by atoms with Crippen LogP contribution in [0.25, 0.3) is 10.2 Å². The fourth-order valence-electron chi connectivity index (χ4n) is 1.39. The van der Waals surface area contributed by atoms with Gasteiger partial charge in [-0.2, -0.15) is 5.10 Å². The molecule has 5 N–H and O–H groups in total. The normalized spacial score (nSPS) is 11.4. The molecule has 0 bridgehead atoms. The number of hydrogen-bond acceptors (Lipinski definition) is 4. The van der Waals surface area contributed by atoms with Crippen molar-refractivity contribution in [3.8, 4) is 0 Å². The van der Waals surface area contributed by atoms with Crippen molar-refractivity contribution >= 4 is 27.5 Å². The van der Waals surface area contributed by atoms with E-state index in [1.165, 1.54) is 11.3 Å². The third-order valence-electron chi connectivity index (χ3n) is 2.17. The minimum atomic E-state index is -0.931. The van der Waals surface area contributed by atoms with E-state index in [2.05, 4.69) is 5.10 Å². The molecule has 0 aliphatic carbocycles. The Morgan fingerprint density at radius 3 is 2.81 bits per heavy atom. The maximum atomic E-state index is 10.8. The number of thiazole rings is 1. The number of carboxylic acid groups (broad SMARTS) is 1. The number of hydrogen-bond donors (Lipinski definition) is 2. The summed E-state index contributed by atoms with van der Waals surface area (Å²) in [6.45, 7) is 0. The molecule has 2 rings (SSSR count). The highest BCUT2D eigenvalue weighted by atomic mass is 32.1. The molecule has 1 aromatic heterocycles. The molecule has 0 aliphatic heterocycles. The number of aromatic nitrogens is 1. The molecule has 0 amide bonds. The zero-order valence-corrected chi connectivity index (χ0v) is 9.28. The maximum absolute atomic E-state index is 10.8. The smallest absolute Gasteiger partial charge is 0.335 e. The van der Waals surface area contributed by atoms with Crippen molar-refractivity contribution in [1.29, 1.82) is 0 Å². The van der Waals surface area contributed by atoms with Gasteiger partial charge in [0.2, 0.25) is 4.80 Å². The molecule has 0 saturated carbocycles. The Bertz CT molecular complexity index is 600. The van der Waals surface area contributed by atoms with Gasteiger partial charge in [-0.15, -0.1) is 0 Å². The summed E-state index contributed by atoms with van der Waals surface area (Å²) in [4.78, 5) is 11.4. The van der Waals surface area contributed by atoms with Gasteiger partial charge >= 0.3 is 5.97 Å². The van der Waals surface area contributed by atoms with Gasteiger partial charge in [-0.3, -0.25) is 0 Å². The van der Waals surface area contributed by atoms with Crippen LogP contribution < -0.4 is 10.6 Å². The molecule has 0 aliphatic rings. The van der Waals surface area contributed by atoms with Gasteiger partial charge in [-0.25, -0.2) is 4.79 Å². The largest absolute Gasteiger partial charge is 0.478 e. The first-order valence-corrected chi connectivity index (χ1v) is 5.02. The zero-order valence-electron chi connectivity index (χ0n) is 8.47. The van der Waals surface area contributed by atoms with Gasteiger partial charge in [0.15, 0.2) is 0 Å². The quantitative estimate of drug-likeness (QED) is 0.536. The van der Waals surface area contributed by atoms with Gasteiger partial charge in [0.1, 0.15) is 0 Å². The number of benzene rings is 1. The summed E-state index contributed by atoms with van der Waals surface area (Å²) in [6.07, 6.45) is 0. The van der Waals surface area contributed by atoms with E-state index in [1.54, 1.807) is 18.2 Å². The molecule has 1 heterocycles. The van der Waals surface area contributed by atoms with Crippen molar-refractivity contribution in [2.75, 3.05) is 0 Å². The summed E-state index contributed by atoms with van der Waals surface area (Å²) in [5.41, 5.74) is 1.20. The Morgan fingerprint density at radius 2 is 2.25 bits per heavy atom. The van der Waals surface area contributed by atoms with E-state index in [0.29, 0.717) is 4.80 Å². The number of carboxylic acids is 1. The fourth-order valence-corrected chi connectivity index (χ4v) is 2.37. The molecular formula is C9H11N3O3S. The highest BCUT2D eigenvalue weighted by Crippen LogP contribution is 2.18. The average molecular weight is 241 g/mol. The van der Waals surface area contributed by atoms with Crippen LogP contribution in [0, 0.1) is 0 Å². The van der Waals surface area contributed by atoms with E-state index in [0.717, 1.165) is 10.2 Å². The van der Waals surface area contributed by atoms with Crippen LogP contribution in [-0.4, -0.2) is 21.1 Å². The molecule has 0 spiro atoms.